The summed E-state index contributed by atoms with van der Waals surface area (Å²) in [6.45, 7) is 3.92. The van der Waals surface area contributed by atoms with Gasteiger partial charge >= 0.3 is 0 Å². The molecular weight excluding hydrogens is 210 g/mol. The number of halogens is 1. The summed E-state index contributed by atoms with van der Waals surface area (Å²) in [4.78, 5) is 4.23. The van der Waals surface area contributed by atoms with Crippen molar-refractivity contribution in [1.82, 2.24) is 4.98 Å². The lowest BCUT2D eigenvalue weighted by molar-refractivity contribution is 0.469. The van der Waals surface area contributed by atoms with Gasteiger partial charge in [0, 0.05) is 17.6 Å². The molecule has 0 aliphatic heterocycles. The highest BCUT2D eigenvalue weighted by Crippen LogP contribution is 2.30. The molecule has 0 aliphatic carbocycles. The van der Waals surface area contributed by atoms with Crippen molar-refractivity contribution in [1.29, 1.82) is 0 Å². The molecule has 0 fully saturated rings. The number of fused-ring (bicyclic) bond motifs is 1. The number of benzene rings is 1. The van der Waals surface area contributed by atoms with Crippen molar-refractivity contribution < 1.29 is 5.11 Å². The Labute approximate surface area is 93.5 Å². The van der Waals surface area contributed by atoms with Crippen molar-refractivity contribution >= 4 is 22.5 Å². The van der Waals surface area contributed by atoms with Crippen LogP contribution in [0.5, 0.6) is 5.75 Å². The van der Waals surface area contributed by atoms with Gasteiger partial charge in [-0.25, -0.2) is 0 Å². The van der Waals surface area contributed by atoms with Crippen molar-refractivity contribution in [2.45, 2.75) is 20.3 Å². The summed E-state index contributed by atoms with van der Waals surface area (Å²) in [5.41, 5.74) is 2.59. The second kappa shape index (κ2) is 3.70. The zero-order valence-corrected chi connectivity index (χ0v) is 9.47. The Bertz CT molecular complexity index is 523. The van der Waals surface area contributed by atoms with Crippen LogP contribution in [0, 0.1) is 6.92 Å². The van der Waals surface area contributed by atoms with Crippen LogP contribution in [0.3, 0.4) is 0 Å². The molecule has 1 heterocycles. The van der Waals surface area contributed by atoms with Gasteiger partial charge in [-0.3, -0.25) is 4.98 Å². The van der Waals surface area contributed by atoms with Crippen LogP contribution in [0.25, 0.3) is 10.9 Å². The smallest absolute Gasteiger partial charge is 0.120 e. The molecule has 0 saturated carbocycles. The molecule has 2 rings (SSSR count). The summed E-state index contributed by atoms with van der Waals surface area (Å²) in [7, 11) is 0. The standard InChI is InChI=1S/C12H12ClNO/c1-3-8-4-9-10(5-11(8)15)14-6-7(2)12(9)13/h4-6,15H,3H2,1-2H3. The normalized spacial score (nSPS) is 10.9. The molecule has 15 heavy (non-hydrogen) atoms. The predicted molar refractivity (Wildman–Crippen MR) is 62.5 cm³/mol. The van der Waals surface area contributed by atoms with E-state index in [0.717, 1.165) is 33.5 Å². The van der Waals surface area contributed by atoms with E-state index in [1.54, 1.807) is 12.3 Å². The summed E-state index contributed by atoms with van der Waals surface area (Å²) in [6, 6.07) is 3.58. The number of nitrogens with zero attached hydrogens (tertiary/aromatic N) is 1. The zero-order chi connectivity index (χ0) is 11.0. The van der Waals surface area contributed by atoms with Crippen LogP contribution >= 0.6 is 11.6 Å². The Hall–Kier alpha value is -1.28. The third-order valence-corrected chi connectivity index (χ3v) is 3.06. The van der Waals surface area contributed by atoms with Gasteiger partial charge < -0.3 is 5.11 Å². The van der Waals surface area contributed by atoms with E-state index in [1.807, 2.05) is 19.9 Å². The number of aryl methyl sites for hydroxylation is 2. The summed E-state index contributed by atoms with van der Waals surface area (Å²) in [5.74, 6) is 0.289. The maximum atomic E-state index is 9.69. The summed E-state index contributed by atoms with van der Waals surface area (Å²) in [5, 5.41) is 11.3. The van der Waals surface area contributed by atoms with Crippen molar-refractivity contribution in [3.05, 3.63) is 34.5 Å². The van der Waals surface area contributed by atoms with E-state index in [0.29, 0.717) is 0 Å². The van der Waals surface area contributed by atoms with Gasteiger partial charge in [0.2, 0.25) is 0 Å². The Balaban J connectivity index is 2.82. The molecule has 2 nitrogen and oxygen atoms in total. The lowest BCUT2D eigenvalue weighted by Gasteiger charge is -2.07. The average molecular weight is 222 g/mol. The van der Waals surface area contributed by atoms with Gasteiger partial charge in [0.1, 0.15) is 5.75 Å². The van der Waals surface area contributed by atoms with E-state index < -0.39 is 0 Å². The van der Waals surface area contributed by atoms with Gasteiger partial charge in [-0.05, 0) is 30.5 Å². The average Bonchev–Trinajstić information content (AvgIpc) is 2.23. The monoisotopic (exact) mass is 221 g/mol. The van der Waals surface area contributed by atoms with Gasteiger partial charge in [0.25, 0.3) is 0 Å². The predicted octanol–water partition coefficient (Wildman–Crippen LogP) is 3.46. The maximum absolute atomic E-state index is 9.69. The fourth-order valence-electron chi connectivity index (χ4n) is 1.62. The molecule has 0 aliphatic rings. The molecule has 0 unspecified atom stereocenters. The van der Waals surface area contributed by atoms with Crippen LogP contribution in [-0.4, -0.2) is 10.1 Å². The molecule has 3 heteroatoms. The third-order valence-electron chi connectivity index (χ3n) is 2.56. The van der Waals surface area contributed by atoms with E-state index in [1.165, 1.54) is 0 Å². The molecule has 1 aromatic heterocycles. The highest BCUT2D eigenvalue weighted by molar-refractivity contribution is 6.36. The van der Waals surface area contributed by atoms with Crippen molar-refractivity contribution in [3.63, 3.8) is 0 Å². The molecule has 0 atom stereocenters. The first-order valence-electron chi connectivity index (χ1n) is 4.90. The third kappa shape index (κ3) is 1.65. The second-order valence-corrected chi connectivity index (χ2v) is 3.98. The number of aromatic hydroxyl groups is 1. The molecular formula is C12H12ClNO. The molecule has 0 spiro atoms. The Morgan fingerprint density at radius 2 is 2.13 bits per heavy atom. The molecule has 1 N–H and O–H groups in total. The van der Waals surface area contributed by atoms with Crippen molar-refractivity contribution in [3.8, 4) is 5.75 Å². The molecule has 0 bridgehead atoms. The first-order valence-corrected chi connectivity index (χ1v) is 5.28. The Kier molecular flexibility index (Phi) is 2.53. The Morgan fingerprint density at radius 1 is 1.40 bits per heavy atom. The lowest BCUT2D eigenvalue weighted by atomic mass is 10.1. The quantitative estimate of drug-likeness (QED) is 0.800. The van der Waals surface area contributed by atoms with Gasteiger partial charge in [-0.2, -0.15) is 0 Å². The first-order chi connectivity index (χ1) is 7.13. The van der Waals surface area contributed by atoms with Crippen LogP contribution in [-0.2, 0) is 6.42 Å². The number of hydrogen-bond acceptors (Lipinski definition) is 2. The molecule has 1 aromatic carbocycles. The van der Waals surface area contributed by atoms with E-state index in [9.17, 15) is 5.11 Å². The van der Waals surface area contributed by atoms with Crippen LogP contribution in [0.15, 0.2) is 18.3 Å². The summed E-state index contributed by atoms with van der Waals surface area (Å²) >= 11 is 6.19. The van der Waals surface area contributed by atoms with E-state index in [2.05, 4.69) is 4.98 Å². The Morgan fingerprint density at radius 3 is 2.80 bits per heavy atom. The minimum atomic E-state index is 0.289. The largest absolute Gasteiger partial charge is 0.508 e. The number of phenols is 1. The molecule has 0 amide bonds. The lowest BCUT2D eigenvalue weighted by Crippen LogP contribution is -1.88. The number of aromatic nitrogens is 1. The number of phenolic OH excluding ortho intramolecular Hbond substituents is 1. The summed E-state index contributed by atoms with van der Waals surface area (Å²) in [6.07, 6.45) is 2.50. The molecule has 78 valence electrons. The number of hydrogen-bond donors (Lipinski definition) is 1. The minimum Gasteiger partial charge on any atom is -0.508 e. The fourth-order valence-corrected chi connectivity index (χ4v) is 1.82. The van der Waals surface area contributed by atoms with E-state index in [-0.39, 0.29) is 5.75 Å². The van der Waals surface area contributed by atoms with Gasteiger partial charge in [-0.1, -0.05) is 18.5 Å². The minimum absolute atomic E-state index is 0.289. The van der Waals surface area contributed by atoms with Crippen molar-refractivity contribution in [2.24, 2.45) is 0 Å². The molecule has 0 saturated heterocycles. The highest BCUT2D eigenvalue weighted by Gasteiger charge is 2.07. The number of pyridine rings is 1. The van der Waals surface area contributed by atoms with Gasteiger partial charge in [0.15, 0.2) is 0 Å². The van der Waals surface area contributed by atoms with Crippen LogP contribution in [0.2, 0.25) is 5.02 Å². The maximum Gasteiger partial charge on any atom is 0.120 e. The molecule has 2 aromatic rings. The second-order valence-electron chi connectivity index (χ2n) is 3.61. The van der Waals surface area contributed by atoms with Crippen LogP contribution in [0.1, 0.15) is 18.1 Å². The van der Waals surface area contributed by atoms with Crippen molar-refractivity contribution in [2.75, 3.05) is 0 Å². The van der Waals surface area contributed by atoms with Crippen LogP contribution < -0.4 is 0 Å². The molecule has 0 radical (unpaired) electrons. The first kappa shape index (κ1) is 10.2. The van der Waals surface area contributed by atoms with E-state index >= 15 is 0 Å². The SMILES string of the molecule is CCc1cc2c(Cl)c(C)cnc2cc1O. The van der Waals surface area contributed by atoms with Crippen LogP contribution in [0.4, 0.5) is 0 Å². The fraction of sp³-hybridized carbons (Fsp3) is 0.250. The topological polar surface area (TPSA) is 33.1 Å². The van der Waals surface area contributed by atoms with Gasteiger partial charge in [0.05, 0.1) is 10.5 Å². The van der Waals surface area contributed by atoms with Gasteiger partial charge in [-0.15, -0.1) is 0 Å². The number of rotatable bonds is 1. The zero-order valence-electron chi connectivity index (χ0n) is 8.71. The highest BCUT2D eigenvalue weighted by atomic mass is 35.5. The van der Waals surface area contributed by atoms with E-state index in [4.69, 9.17) is 11.6 Å². The summed E-state index contributed by atoms with van der Waals surface area (Å²) < 4.78 is 0.